The molecule has 228 valence electrons. The number of likely N-dealkylation sites (N-methyl/N-ethyl adjacent to an activating group) is 1. The van der Waals surface area contributed by atoms with Gasteiger partial charge in [-0.25, -0.2) is 13.6 Å². The monoisotopic (exact) mass is 597 g/mol. The number of rotatable bonds is 5. The number of anilines is 2. The Bertz CT molecular complexity index is 1460. The Balaban J connectivity index is 1.80. The van der Waals surface area contributed by atoms with Crippen molar-refractivity contribution in [2.45, 2.75) is 45.5 Å². The Morgan fingerprint density at radius 3 is 2.50 bits per heavy atom. The van der Waals surface area contributed by atoms with Gasteiger partial charge >= 0.3 is 12.3 Å². The van der Waals surface area contributed by atoms with Crippen molar-refractivity contribution in [2.24, 2.45) is 0 Å². The minimum atomic E-state index is -5.05. The molecule has 0 bridgehead atoms. The van der Waals surface area contributed by atoms with E-state index >= 15 is 8.78 Å². The number of hydrogen-bond donors (Lipinski definition) is 2. The summed E-state index contributed by atoms with van der Waals surface area (Å²) < 4.78 is 78.3. The van der Waals surface area contributed by atoms with Gasteiger partial charge in [0.05, 0.1) is 28.5 Å². The number of benzene rings is 1. The molecule has 0 spiro atoms. The molecule has 1 unspecified atom stereocenters. The number of amides is 2. The summed E-state index contributed by atoms with van der Waals surface area (Å²) in [6.07, 6.45) is -3.69. The number of ether oxygens (including phenoxy) is 1. The van der Waals surface area contributed by atoms with Gasteiger partial charge in [-0.1, -0.05) is 6.08 Å². The summed E-state index contributed by atoms with van der Waals surface area (Å²) in [7, 11) is 1.88. The maximum absolute atomic E-state index is 16.4. The normalized spacial score (nSPS) is 18.2. The van der Waals surface area contributed by atoms with E-state index in [0.29, 0.717) is 25.8 Å². The summed E-state index contributed by atoms with van der Waals surface area (Å²) in [5.74, 6) is -3.51. The van der Waals surface area contributed by atoms with E-state index in [4.69, 9.17) is 4.74 Å². The molecule has 0 saturated carbocycles. The standard InChI is InChI=1S/C28H32F5N5O4/c1-15(2)42-27(41)38-7-5-6-17(14-38)23-20(29)11-21(37-9-8-36(4)16(3)13-37)25(24(23)30)35-26(40)18-12-34-22(39)10-19(18)28(31,32)33/h6,10-12,15-16H,5,7-9,13-14H2,1-4H3,(H,34,39)(H,35,40). The molecule has 2 aliphatic rings. The highest BCUT2D eigenvalue weighted by Gasteiger charge is 2.37. The van der Waals surface area contributed by atoms with Crippen LogP contribution in [0.1, 0.15) is 48.7 Å². The van der Waals surface area contributed by atoms with Crippen molar-refractivity contribution in [1.29, 1.82) is 0 Å². The quantitative estimate of drug-likeness (QED) is 0.486. The highest BCUT2D eigenvalue weighted by Crippen LogP contribution is 2.39. The number of carbonyl (C=O) groups excluding carboxylic acids is 2. The largest absolute Gasteiger partial charge is 0.447 e. The van der Waals surface area contributed by atoms with Crippen LogP contribution in [0.3, 0.4) is 0 Å². The number of hydrogen-bond acceptors (Lipinski definition) is 6. The van der Waals surface area contributed by atoms with Crippen LogP contribution < -0.4 is 15.8 Å². The summed E-state index contributed by atoms with van der Waals surface area (Å²) in [5, 5.41) is 2.23. The first-order valence-corrected chi connectivity index (χ1v) is 13.4. The van der Waals surface area contributed by atoms with Crippen molar-refractivity contribution < 1.29 is 36.3 Å². The minimum Gasteiger partial charge on any atom is -0.447 e. The number of halogens is 5. The SMILES string of the molecule is CC(C)OC(=O)N1CCC=C(c2c(F)cc(N3CCN(C)C(C)C3)c(NC(=O)c3c[nH]c(=O)cc3C(F)(F)F)c2F)C1. The Hall–Kier alpha value is -3.94. The average molecular weight is 598 g/mol. The average Bonchev–Trinajstić information content (AvgIpc) is 2.91. The molecular formula is C28H32F5N5O4. The molecule has 14 heteroatoms. The van der Waals surface area contributed by atoms with Crippen molar-refractivity contribution in [1.82, 2.24) is 14.8 Å². The van der Waals surface area contributed by atoms with Crippen LogP contribution >= 0.6 is 0 Å². The topological polar surface area (TPSA) is 98.0 Å². The second-order valence-electron chi connectivity index (χ2n) is 10.7. The molecular weight excluding hydrogens is 565 g/mol. The van der Waals surface area contributed by atoms with Crippen LogP contribution in [0.15, 0.2) is 29.2 Å². The lowest BCUT2D eigenvalue weighted by molar-refractivity contribution is -0.138. The molecule has 42 heavy (non-hydrogen) atoms. The minimum absolute atomic E-state index is 0.0364. The molecule has 1 aromatic carbocycles. The van der Waals surface area contributed by atoms with E-state index in [1.807, 2.05) is 23.9 Å². The summed E-state index contributed by atoms with van der Waals surface area (Å²) >= 11 is 0. The summed E-state index contributed by atoms with van der Waals surface area (Å²) in [6.45, 7) is 6.47. The second-order valence-corrected chi connectivity index (χ2v) is 10.7. The summed E-state index contributed by atoms with van der Waals surface area (Å²) in [4.78, 5) is 44.3. The third-order valence-corrected chi connectivity index (χ3v) is 7.28. The fourth-order valence-electron chi connectivity index (χ4n) is 4.97. The van der Waals surface area contributed by atoms with E-state index in [-0.39, 0.29) is 42.9 Å². The van der Waals surface area contributed by atoms with Crippen molar-refractivity contribution in [3.63, 3.8) is 0 Å². The van der Waals surface area contributed by atoms with Crippen LogP contribution in [0.25, 0.3) is 5.57 Å². The van der Waals surface area contributed by atoms with Crippen molar-refractivity contribution >= 4 is 28.9 Å². The van der Waals surface area contributed by atoms with Gasteiger partial charge in [0.1, 0.15) is 11.5 Å². The van der Waals surface area contributed by atoms with E-state index in [0.717, 1.165) is 6.07 Å². The number of aromatic amines is 1. The lowest BCUT2D eigenvalue weighted by Crippen LogP contribution is -2.50. The number of pyridine rings is 1. The summed E-state index contributed by atoms with van der Waals surface area (Å²) in [6, 6.07) is 1.24. The van der Waals surface area contributed by atoms with Crippen LogP contribution in [0.5, 0.6) is 0 Å². The molecule has 1 aromatic heterocycles. The predicted molar refractivity (Wildman–Crippen MR) is 146 cm³/mol. The van der Waals surface area contributed by atoms with Gasteiger partial charge in [-0.15, -0.1) is 0 Å². The first kappa shape index (κ1) is 31.0. The van der Waals surface area contributed by atoms with E-state index in [9.17, 15) is 27.6 Å². The number of aromatic nitrogens is 1. The maximum atomic E-state index is 16.4. The van der Waals surface area contributed by atoms with Crippen LogP contribution in [0.4, 0.5) is 38.1 Å². The van der Waals surface area contributed by atoms with Crippen LogP contribution in [0, 0.1) is 11.6 Å². The van der Waals surface area contributed by atoms with E-state index < -0.39 is 63.9 Å². The van der Waals surface area contributed by atoms with Crippen molar-refractivity contribution in [3.8, 4) is 0 Å². The lowest BCUT2D eigenvalue weighted by atomic mass is 9.97. The zero-order valence-corrected chi connectivity index (χ0v) is 23.6. The van der Waals surface area contributed by atoms with E-state index in [1.54, 1.807) is 24.8 Å². The van der Waals surface area contributed by atoms with Gasteiger partial charge in [-0.3, -0.25) is 9.59 Å². The van der Waals surface area contributed by atoms with Crippen LogP contribution in [-0.4, -0.2) is 78.7 Å². The number of nitrogens with one attached hydrogen (secondary N) is 2. The summed E-state index contributed by atoms with van der Waals surface area (Å²) in [5.41, 5.74) is -4.49. The molecule has 2 amide bonds. The first-order chi connectivity index (χ1) is 19.7. The molecule has 3 heterocycles. The Labute approximate surface area is 238 Å². The van der Waals surface area contributed by atoms with Crippen LogP contribution in [0.2, 0.25) is 0 Å². The number of H-pyrrole nitrogens is 1. The van der Waals surface area contributed by atoms with E-state index in [2.05, 4.69) is 5.32 Å². The zero-order chi connectivity index (χ0) is 30.9. The number of nitrogens with zero attached hydrogens (tertiary/aromatic N) is 3. The Morgan fingerprint density at radius 2 is 1.86 bits per heavy atom. The van der Waals surface area contributed by atoms with Gasteiger partial charge in [0.15, 0.2) is 5.82 Å². The molecule has 1 saturated heterocycles. The maximum Gasteiger partial charge on any atom is 0.417 e. The molecule has 2 N–H and O–H groups in total. The van der Waals surface area contributed by atoms with Gasteiger partial charge < -0.3 is 29.7 Å². The smallest absolute Gasteiger partial charge is 0.417 e. The second kappa shape index (κ2) is 12.1. The van der Waals surface area contributed by atoms with Gasteiger partial charge in [0.2, 0.25) is 5.56 Å². The van der Waals surface area contributed by atoms with Gasteiger partial charge in [0.25, 0.3) is 5.91 Å². The third-order valence-electron chi connectivity index (χ3n) is 7.28. The molecule has 2 aromatic rings. The fraction of sp³-hybridized carbons (Fsp3) is 0.464. The molecule has 1 fully saturated rings. The lowest BCUT2D eigenvalue weighted by Gasteiger charge is -2.40. The van der Waals surface area contributed by atoms with Crippen molar-refractivity contribution in [3.05, 3.63) is 63.1 Å². The van der Waals surface area contributed by atoms with E-state index in [1.165, 1.54) is 4.90 Å². The third kappa shape index (κ3) is 6.58. The number of alkyl halides is 3. The fourth-order valence-corrected chi connectivity index (χ4v) is 4.97. The highest BCUT2D eigenvalue weighted by atomic mass is 19.4. The molecule has 4 rings (SSSR count). The Morgan fingerprint density at radius 1 is 1.14 bits per heavy atom. The van der Waals surface area contributed by atoms with Gasteiger partial charge in [-0.2, -0.15) is 13.2 Å². The predicted octanol–water partition coefficient (Wildman–Crippen LogP) is 4.70. The zero-order valence-electron chi connectivity index (χ0n) is 23.6. The number of carbonyl (C=O) groups is 2. The first-order valence-electron chi connectivity index (χ1n) is 13.4. The van der Waals surface area contributed by atoms with Crippen LogP contribution in [-0.2, 0) is 10.9 Å². The Kier molecular flexibility index (Phi) is 8.95. The molecule has 9 nitrogen and oxygen atoms in total. The van der Waals surface area contributed by atoms with Gasteiger partial charge in [0, 0.05) is 57.1 Å². The molecule has 2 aliphatic heterocycles. The highest BCUT2D eigenvalue weighted by molar-refractivity contribution is 6.07. The molecule has 0 aliphatic carbocycles. The van der Waals surface area contributed by atoms with Gasteiger partial charge in [-0.05, 0) is 39.8 Å². The van der Waals surface area contributed by atoms with Crippen molar-refractivity contribution in [2.75, 3.05) is 50.0 Å². The molecule has 1 atom stereocenters. The number of piperazine rings is 1. The molecule has 0 radical (unpaired) electrons.